The van der Waals surface area contributed by atoms with Crippen LogP contribution in [0.2, 0.25) is 0 Å². The lowest BCUT2D eigenvalue weighted by atomic mass is 10.2. The predicted octanol–water partition coefficient (Wildman–Crippen LogP) is 3.44. The molecule has 0 atom stereocenters. The molecule has 0 spiro atoms. The minimum Gasteiger partial charge on any atom is -0.478 e. The summed E-state index contributed by atoms with van der Waals surface area (Å²) < 4.78 is 1.05. The van der Waals surface area contributed by atoms with Gasteiger partial charge < -0.3 is 10.4 Å². The molecule has 2 N–H and O–H groups in total. The van der Waals surface area contributed by atoms with Crippen molar-refractivity contribution in [3.63, 3.8) is 0 Å². The lowest BCUT2D eigenvalue weighted by Crippen LogP contribution is -2.02. The number of nitrogens with zero attached hydrogens (tertiary/aromatic N) is 1. The number of benzene rings is 1. The SMILES string of the molecule is Cc1cc(C(=O)O)cc(Nc2ccccc2I)n1. The number of carboxylic acids is 1. The quantitative estimate of drug-likeness (QED) is 0.829. The Kier molecular flexibility index (Phi) is 3.81. The van der Waals surface area contributed by atoms with E-state index in [4.69, 9.17) is 5.11 Å². The van der Waals surface area contributed by atoms with Crippen molar-refractivity contribution in [1.82, 2.24) is 4.98 Å². The highest BCUT2D eigenvalue weighted by Gasteiger charge is 2.07. The smallest absolute Gasteiger partial charge is 0.335 e. The zero-order chi connectivity index (χ0) is 13.1. The number of nitrogens with one attached hydrogen (secondary N) is 1. The van der Waals surface area contributed by atoms with Crippen LogP contribution in [0, 0.1) is 10.5 Å². The van der Waals surface area contributed by atoms with Crippen LogP contribution in [0.25, 0.3) is 0 Å². The minimum atomic E-state index is -0.952. The van der Waals surface area contributed by atoms with Gasteiger partial charge in [0.05, 0.1) is 11.3 Å². The molecule has 4 nitrogen and oxygen atoms in total. The van der Waals surface area contributed by atoms with E-state index in [1.165, 1.54) is 6.07 Å². The van der Waals surface area contributed by atoms with E-state index in [9.17, 15) is 4.79 Å². The second kappa shape index (κ2) is 5.34. The molecule has 2 aromatic rings. The van der Waals surface area contributed by atoms with Gasteiger partial charge in [0.1, 0.15) is 5.82 Å². The summed E-state index contributed by atoms with van der Waals surface area (Å²) in [5, 5.41) is 12.1. The predicted molar refractivity (Wildman–Crippen MR) is 78.4 cm³/mol. The number of aryl methyl sites for hydroxylation is 1. The van der Waals surface area contributed by atoms with Crippen LogP contribution in [0.15, 0.2) is 36.4 Å². The number of pyridine rings is 1. The van der Waals surface area contributed by atoms with Gasteiger partial charge in [-0.15, -0.1) is 0 Å². The van der Waals surface area contributed by atoms with E-state index >= 15 is 0 Å². The first-order valence-corrected chi connectivity index (χ1v) is 6.37. The topological polar surface area (TPSA) is 62.2 Å². The Hall–Kier alpha value is -1.63. The third-order valence-electron chi connectivity index (χ3n) is 2.34. The van der Waals surface area contributed by atoms with Crippen molar-refractivity contribution in [3.05, 3.63) is 51.2 Å². The van der Waals surface area contributed by atoms with E-state index in [0.717, 1.165) is 9.26 Å². The molecule has 2 rings (SSSR count). The Bertz CT molecular complexity index is 599. The number of para-hydroxylation sites is 1. The zero-order valence-corrected chi connectivity index (χ0v) is 11.8. The molecule has 92 valence electrons. The lowest BCUT2D eigenvalue weighted by Gasteiger charge is -2.09. The van der Waals surface area contributed by atoms with Crippen LogP contribution in [0.3, 0.4) is 0 Å². The van der Waals surface area contributed by atoms with Crippen LogP contribution < -0.4 is 5.32 Å². The van der Waals surface area contributed by atoms with Gasteiger partial charge in [0, 0.05) is 9.26 Å². The highest BCUT2D eigenvalue weighted by molar-refractivity contribution is 14.1. The van der Waals surface area contributed by atoms with Gasteiger partial charge in [0.15, 0.2) is 0 Å². The van der Waals surface area contributed by atoms with E-state index in [-0.39, 0.29) is 5.56 Å². The molecular formula is C13H11IN2O2. The first-order valence-electron chi connectivity index (χ1n) is 5.30. The number of aromatic nitrogens is 1. The van der Waals surface area contributed by atoms with Gasteiger partial charge in [-0.05, 0) is 53.8 Å². The van der Waals surface area contributed by atoms with Crippen molar-refractivity contribution in [3.8, 4) is 0 Å². The summed E-state index contributed by atoms with van der Waals surface area (Å²) in [6, 6.07) is 10.8. The molecule has 0 fully saturated rings. The average Bonchev–Trinajstić information content (AvgIpc) is 2.31. The third-order valence-corrected chi connectivity index (χ3v) is 3.28. The van der Waals surface area contributed by atoms with Crippen molar-refractivity contribution in [1.29, 1.82) is 0 Å². The highest BCUT2D eigenvalue weighted by atomic mass is 127. The Morgan fingerprint density at radius 2 is 2.06 bits per heavy atom. The largest absolute Gasteiger partial charge is 0.478 e. The highest BCUT2D eigenvalue weighted by Crippen LogP contribution is 2.22. The molecule has 1 aromatic carbocycles. The van der Waals surface area contributed by atoms with Gasteiger partial charge in [0.25, 0.3) is 0 Å². The molecule has 0 saturated heterocycles. The fourth-order valence-electron chi connectivity index (χ4n) is 1.56. The number of hydrogen-bond donors (Lipinski definition) is 2. The second-order valence-corrected chi connectivity index (χ2v) is 4.95. The normalized spacial score (nSPS) is 10.1. The Balaban J connectivity index is 2.35. The van der Waals surface area contributed by atoms with E-state index in [1.54, 1.807) is 13.0 Å². The van der Waals surface area contributed by atoms with Crippen LogP contribution in [-0.2, 0) is 0 Å². The van der Waals surface area contributed by atoms with Gasteiger partial charge in [-0.1, -0.05) is 12.1 Å². The van der Waals surface area contributed by atoms with E-state index < -0.39 is 5.97 Å². The van der Waals surface area contributed by atoms with Crippen molar-refractivity contribution in [2.24, 2.45) is 0 Å². The number of carbonyl (C=O) groups is 1. The zero-order valence-electron chi connectivity index (χ0n) is 9.64. The van der Waals surface area contributed by atoms with Crippen molar-refractivity contribution in [2.75, 3.05) is 5.32 Å². The summed E-state index contributed by atoms with van der Waals surface area (Å²) >= 11 is 2.21. The van der Waals surface area contributed by atoms with E-state index in [0.29, 0.717) is 11.5 Å². The monoisotopic (exact) mass is 354 g/mol. The summed E-state index contributed by atoms with van der Waals surface area (Å²) in [5.41, 5.74) is 1.81. The lowest BCUT2D eigenvalue weighted by molar-refractivity contribution is 0.0696. The summed E-state index contributed by atoms with van der Waals surface area (Å²) in [6.07, 6.45) is 0. The first-order chi connectivity index (χ1) is 8.56. The summed E-state index contributed by atoms with van der Waals surface area (Å²) in [5.74, 6) is -0.414. The fraction of sp³-hybridized carbons (Fsp3) is 0.0769. The maximum atomic E-state index is 11.0. The van der Waals surface area contributed by atoms with Gasteiger partial charge in [-0.25, -0.2) is 9.78 Å². The molecule has 0 radical (unpaired) electrons. The van der Waals surface area contributed by atoms with Crippen LogP contribution in [-0.4, -0.2) is 16.1 Å². The maximum absolute atomic E-state index is 11.0. The van der Waals surface area contributed by atoms with Crippen molar-refractivity contribution < 1.29 is 9.90 Å². The first kappa shape index (κ1) is 12.8. The maximum Gasteiger partial charge on any atom is 0.335 e. The third kappa shape index (κ3) is 2.98. The number of hydrogen-bond acceptors (Lipinski definition) is 3. The van der Waals surface area contributed by atoms with E-state index in [1.807, 2.05) is 24.3 Å². The van der Waals surface area contributed by atoms with Crippen LogP contribution in [0.4, 0.5) is 11.5 Å². The van der Waals surface area contributed by atoms with Crippen LogP contribution in [0.5, 0.6) is 0 Å². The number of halogens is 1. The molecule has 5 heteroatoms. The number of rotatable bonds is 3. The average molecular weight is 354 g/mol. The number of carboxylic acid groups (broad SMARTS) is 1. The summed E-state index contributed by atoms with van der Waals surface area (Å²) in [6.45, 7) is 1.77. The van der Waals surface area contributed by atoms with Gasteiger partial charge >= 0.3 is 5.97 Å². The Morgan fingerprint density at radius 3 is 2.72 bits per heavy atom. The van der Waals surface area contributed by atoms with Gasteiger partial charge in [-0.2, -0.15) is 0 Å². The summed E-state index contributed by atoms with van der Waals surface area (Å²) in [7, 11) is 0. The molecular weight excluding hydrogens is 343 g/mol. The second-order valence-electron chi connectivity index (χ2n) is 3.79. The molecule has 0 bridgehead atoms. The Labute approximate surface area is 118 Å². The van der Waals surface area contributed by atoms with Crippen LogP contribution >= 0.6 is 22.6 Å². The van der Waals surface area contributed by atoms with Gasteiger partial charge in [0.2, 0.25) is 0 Å². The number of aromatic carboxylic acids is 1. The molecule has 0 aliphatic carbocycles. The molecule has 18 heavy (non-hydrogen) atoms. The fourth-order valence-corrected chi connectivity index (χ4v) is 2.08. The van der Waals surface area contributed by atoms with Crippen LogP contribution in [0.1, 0.15) is 16.1 Å². The molecule has 1 aromatic heterocycles. The molecule has 0 unspecified atom stereocenters. The standard InChI is InChI=1S/C13H11IN2O2/c1-8-6-9(13(17)18)7-12(15-8)16-11-5-3-2-4-10(11)14/h2-7H,1H3,(H,15,16)(H,17,18). The molecule has 0 aliphatic heterocycles. The Morgan fingerprint density at radius 1 is 1.33 bits per heavy atom. The molecule has 0 aliphatic rings. The molecule has 0 saturated carbocycles. The molecule has 0 amide bonds. The molecule has 1 heterocycles. The minimum absolute atomic E-state index is 0.232. The number of anilines is 2. The van der Waals surface area contributed by atoms with Gasteiger partial charge in [-0.3, -0.25) is 0 Å². The summed E-state index contributed by atoms with van der Waals surface area (Å²) in [4.78, 5) is 15.2. The van der Waals surface area contributed by atoms with Crippen molar-refractivity contribution >= 4 is 40.1 Å². The van der Waals surface area contributed by atoms with Crippen molar-refractivity contribution in [2.45, 2.75) is 6.92 Å². The van der Waals surface area contributed by atoms with E-state index in [2.05, 4.69) is 32.9 Å².